The van der Waals surface area contributed by atoms with Gasteiger partial charge in [-0.1, -0.05) is 0 Å². The van der Waals surface area contributed by atoms with Crippen molar-refractivity contribution in [2.24, 2.45) is 0 Å². The molecule has 5 heteroatoms. The van der Waals surface area contributed by atoms with Crippen LogP contribution in [0.2, 0.25) is 0 Å². The minimum Gasteiger partial charge on any atom is -0.275 e. The molecule has 0 rings (SSSR count). The van der Waals surface area contributed by atoms with E-state index >= 15 is 0 Å². The predicted molar refractivity (Wildman–Crippen MR) is 29.0 cm³/mol. The van der Waals surface area contributed by atoms with Gasteiger partial charge in [0.2, 0.25) is 0 Å². The van der Waals surface area contributed by atoms with Crippen LogP contribution >= 0.6 is 27.5 Å². The van der Waals surface area contributed by atoms with Crippen LogP contribution in [0.3, 0.4) is 0 Å². The molecule has 0 amide bonds. The van der Waals surface area contributed by atoms with E-state index in [0.717, 1.165) is 0 Å². The van der Waals surface area contributed by atoms with Gasteiger partial charge in [-0.25, -0.2) is 0 Å². The van der Waals surface area contributed by atoms with Crippen molar-refractivity contribution in [3.63, 3.8) is 0 Å². The van der Waals surface area contributed by atoms with E-state index < -0.39 is 15.8 Å². The SMILES string of the molecule is O=C(Cl)C(Br)=C(F)F. The van der Waals surface area contributed by atoms with Gasteiger partial charge >= 0.3 is 0 Å². The molecule has 0 heterocycles. The Balaban J connectivity index is 4.23. The molecule has 0 saturated carbocycles. The van der Waals surface area contributed by atoms with Crippen LogP contribution in [-0.2, 0) is 4.79 Å². The van der Waals surface area contributed by atoms with Crippen molar-refractivity contribution in [1.82, 2.24) is 0 Å². The second-order valence-electron chi connectivity index (χ2n) is 0.848. The highest BCUT2D eigenvalue weighted by molar-refractivity contribution is 9.12. The van der Waals surface area contributed by atoms with E-state index in [2.05, 4.69) is 27.5 Å². The van der Waals surface area contributed by atoms with Gasteiger partial charge in [-0.2, -0.15) is 8.78 Å². The molecule has 0 saturated heterocycles. The van der Waals surface area contributed by atoms with E-state index in [1.165, 1.54) is 0 Å². The van der Waals surface area contributed by atoms with Gasteiger partial charge in [0.05, 0.1) is 0 Å². The van der Waals surface area contributed by atoms with Crippen molar-refractivity contribution in [3.05, 3.63) is 10.6 Å². The number of allylic oxidation sites excluding steroid dienone is 1. The molecule has 0 aromatic carbocycles. The van der Waals surface area contributed by atoms with E-state index in [4.69, 9.17) is 0 Å². The summed E-state index contributed by atoms with van der Waals surface area (Å²) in [6.07, 6.45) is -2.11. The van der Waals surface area contributed by atoms with Crippen molar-refractivity contribution in [2.45, 2.75) is 0 Å². The molecule has 8 heavy (non-hydrogen) atoms. The molecule has 0 aliphatic heterocycles. The summed E-state index contributed by atoms with van der Waals surface area (Å²) in [4.78, 5) is 9.77. The first-order chi connectivity index (χ1) is 3.55. The molecular formula is C3BrClF2O. The highest BCUT2D eigenvalue weighted by Crippen LogP contribution is 2.16. The Morgan fingerprint density at radius 3 is 1.88 bits per heavy atom. The summed E-state index contributed by atoms with van der Waals surface area (Å²) >= 11 is 6.85. The minimum atomic E-state index is -2.11. The largest absolute Gasteiger partial charge is 0.289 e. The minimum absolute atomic E-state index is 0.876. The third kappa shape index (κ3) is 2.37. The van der Waals surface area contributed by atoms with Gasteiger partial charge in [-0.15, -0.1) is 0 Å². The lowest BCUT2D eigenvalue weighted by molar-refractivity contribution is -0.108. The number of halogens is 4. The smallest absolute Gasteiger partial charge is 0.275 e. The Morgan fingerprint density at radius 1 is 1.50 bits per heavy atom. The van der Waals surface area contributed by atoms with Crippen LogP contribution in [0.5, 0.6) is 0 Å². The molecule has 0 fully saturated rings. The van der Waals surface area contributed by atoms with Gasteiger partial charge in [-0.3, -0.25) is 4.79 Å². The number of carbonyl (C=O) groups excluding carboxylic acids is 1. The first kappa shape index (κ1) is 8.04. The van der Waals surface area contributed by atoms with Crippen LogP contribution in [0.1, 0.15) is 0 Å². The summed E-state index contributed by atoms with van der Waals surface area (Å²) in [6, 6.07) is 0. The van der Waals surface area contributed by atoms with Crippen LogP contribution < -0.4 is 0 Å². The molecule has 0 atom stereocenters. The molecule has 0 aromatic heterocycles. The fourth-order valence-corrected chi connectivity index (χ4v) is 0.146. The van der Waals surface area contributed by atoms with Gasteiger partial charge < -0.3 is 0 Å². The van der Waals surface area contributed by atoms with Crippen LogP contribution in [-0.4, -0.2) is 5.24 Å². The lowest BCUT2D eigenvalue weighted by Crippen LogP contribution is -1.83. The molecule has 0 bridgehead atoms. The number of hydrogen-bond acceptors (Lipinski definition) is 1. The van der Waals surface area contributed by atoms with E-state index in [9.17, 15) is 13.6 Å². The summed E-state index contributed by atoms with van der Waals surface area (Å²) in [6.45, 7) is 0. The van der Waals surface area contributed by atoms with E-state index in [1.54, 1.807) is 0 Å². The fraction of sp³-hybridized carbons (Fsp3) is 0. The molecule has 0 unspecified atom stereocenters. The fourth-order valence-electron chi connectivity index (χ4n) is 0.0743. The van der Waals surface area contributed by atoms with E-state index in [0.29, 0.717) is 0 Å². The molecular weight excluding hydrogens is 205 g/mol. The molecule has 0 radical (unpaired) electrons. The first-order valence-electron chi connectivity index (χ1n) is 1.46. The average molecular weight is 205 g/mol. The highest BCUT2D eigenvalue weighted by atomic mass is 79.9. The van der Waals surface area contributed by atoms with Gasteiger partial charge in [-0.05, 0) is 27.5 Å². The summed E-state index contributed by atoms with van der Waals surface area (Å²) < 4.78 is 21.5. The van der Waals surface area contributed by atoms with Crippen LogP contribution in [0.15, 0.2) is 10.6 Å². The van der Waals surface area contributed by atoms with Gasteiger partial charge in [0.1, 0.15) is 4.48 Å². The Morgan fingerprint density at radius 2 is 1.88 bits per heavy atom. The zero-order valence-corrected chi connectivity index (χ0v) is 5.76. The summed E-state index contributed by atoms with van der Waals surface area (Å²) in [5.41, 5.74) is 0. The lowest BCUT2D eigenvalue weighted by Gasteiger charge is -1.82. The Labute approximate surface area is 57.4 Å². The second kappa shape index (κ2) is 3.14. The first-order valence-corrected chi connectivity index (χ1v) is 2.63. The third-order valence-electron chi connectivity index (χ3n) is 0.338. The maximum Gasteiger partial charge on any atom is 0.289 e. The van der Waals surface area contributed by atoms with Crippen LogP contribution in [0.4, 0.5) is 8.78 Å². The molecule has 0 N–H and O–H groups in total. The topological polar surface area (TPSA) is 17.1 Å². The second-order valence-corrected chi connectivity index (χ2v) is 1.98. The van der Waals surface area contributed by atoms with Gasteiger partial charge in [0.25, 0.3) is 11.3 Å². The Bertz CT molecular complexity index is 140. The van der Waals surface area contributed by atoms with Crippen molar-refractivity contribution in [3.8, 4) is 0 Å². The molecule has 0 aliphatic rings. The van der Waals surface area contributed by atoms with Crippen molar-refractivity contribution < 1.29 is 13.6 Å². The van der Waals surface area contributed by atoms with Gasteiger partial charge in [0.15, 0.2) is 0 Å². The van der Waals surface area contributed by atoms with E-state index in [1.807, 2.05) is 0 Å². The Kier molecular flexibility index (Phi) is 3.16. The average Bonchev–Trinajstić information content (AvgIpc) is 1.64. The normalized spacial score (nSPS) is 8.50. The molecule has 0 spiro atoms. The van der Waals surface area contributed by atoms with Crippen LogP contribution in [0, 0.1) is 0 Å². The number of rotatable bonds is 1. The maximum atomic E-state index is 11.2. The third-order valence-corrected chi connectivity index (χ3v) is 1.42. The van der Waals surface area contributed by atoms with Crippen molar-refractivity contribution in [1.29, 1.82) is 0 Å². The van der Waals surface area contributed by atoms with E-state index in [-0.39, 0.29) is 0 Å². The van der Waals surface area contributed by atoms with Gasteiger partial charge in [0, 0.05) is 0 Å². The molecule has 0 aromatic rings. The quantitative estimate of drug-likeness (QED) is 0.474. The van der Waals surface area contributed by atoms with Crippen molar-refractivity contribution in [2.75, 3.05) is 0 Å². The molecule has 46 valence electrons. The maximum absolute atomic E-state index is 11.2. The summed E-state index contributed by atoms with van der Waals surface area (Å²) in [7, 11) is 0. The standard InChI is InChI=1S/C3BrClF2O/c4-1(2(5)8)3(6)7. The number of carbonyl (C=O) groups is 1. The van der Waals surface area contributed by atoms with Crippen LogP contribution in [0.25, 0.3) is 0 Å². The predicted octanol–water partition coefficient (Wildman–Crippen LogP) is 2.25. The monoisotopic (exact) mass is 204 g/mol. The molecule has 1 nitrogen and oxygen atoms in total. The highest BCUT2D eigenvalue weighted by Gasteiger charge is 2.07. The summed E-state index contributed by atoms with van der Waals surface area (Å²) in [5.74, 6) is 0. The number of hydrogen-bond donors (Lipinski definition) is 0. The summed E-state index contributed by atoms with van der Waals surface area (Å²) in [5, 5.41) is -1.19. The zero-order chi connectivity index (χ0) is 6.73. The Hall–Kier alpha value is 0.0400. The van der Waals surface area contributed by atoms with Crippen molar-refractivity contribution >= 4 is 32.8 Å². The molecule has 0 aliphatic carbocycles. The lowest BCUT2D eigenvalue weighted by atomic mass is 10.7. The zero-order valence-electron chi connectivity index (χ0n) is 3.42.